The molecule has 0 spiro atoms. The van der Waals surface area contributed by atoms with Gasteiger partial charge in [-0.3, -0.25) is 0 Å². The Labute approximate surface area is 129 Å². The van der Waals surface area contributed by atoms with Gasteiger partial charge in [0, 0.05) is 11.5 Å². The van der Waals surface area contributed by atoms with Gasteiger partial charge >= 0.3 is 0 Å². The molecule has 112 valence electrons. The lowest BCUT2D eigenvalue weighted by Gasteiger charge is -2.35. The van der Waals surface area contributed by atoms with Gasteiger partial charge in [-0.2, -0.15) is 0 Å². The molecule has 0 aliphatic carbocycles. The number of nitrogens with one attached hydrogen (secondary N) is 1. The molecule has 2 rings (SSSR count). The smallest absolute Gasteiger partial charge is 0.0196 e. The van der Waals surface area contributed by atoms with E-state index in [9.17, 15) is 0 Å². The second kappa shape index (κ2) is 6.44. The maximum Gasteiger partial charge on any atom is 0.0196 e. The van der Waals surface area contributed by atoms with Crippen LogP contribution in [0.1, 0.15) is 36.1 Å². The number of aryl methyl sites for hydroxylation is 2. The van der Waals surface area contributed by atoms with E-state index < -0.39 is 0 Å². The van der Waals surface area contributed by atoms with E-state index in [2.05, 4.69) is 88.6 Å². The lowest BCUT2D eigenvalue weighted by molar-refractivity contribution is 0.356. The quantitative estimate of drug-likeness (QED) is 0.856. The van der Waals surface area contributed by atoms with E-state index in [-0.39, 0.29) is 5.41 Å². The zero-order valence-corrected chi connectivity index (χ0v) is 13.9. The van der Waals surface area contributed by atoms with Crippen LogP contribution in [0.25, 0.3) is 0 Å². The summed E-state index contributed by atoms with van der Waals surface area (Å²) in [7, 11) is 2.07. The summed E-state index contributed by atoms with van der Waals surface area (Å²) >= 11 is 0. The van der Waals surface area contributed by atoms with Gasteiger partial charge in [0.05, 0.1) is 0 Å². The highest BCUT2D eigenvalue weighted by Crippen LogP contribution is 2.29. The molecule has 0 bridgehead atoms. The lowest BCUT2D eigenvalue weighted by Crippen LogP contribution is -2.44. The van der Waals surface area contributed by atoms with Gasteiger partial charge in [0.2, 0.25) is 0 Å². The highest BCUT2D eigenvalue weighted by atomic mass is 14.9. The minimum atomic E-state index is 0.0895. The largest absolute Gasteiger partial charge is 0.316 e. The molecule has 1 atom stereocenters. The monoisotopic (exact) mass is 281 g/mol. The first-order valence-corrected chi connectivity index (χ1v) is 7.74. The molecule has 21 heavy (non-hydrogen) atoms. The molecule has 0 saturated heterocycles. The molecule has 1 N–H and O–H groups in total. The number of benzene rings is 2. The summed E-state index contributed by atoms with van der Waals surface area (Å²) in [5.41, 5.74) is 5.63. The standard InChI is InChI=1S/C20H27N/c1-15-11-12-16(2)17(13-15)14-19(21-5)20(3,4)18-9-7-6-8-10-18/h6-13,19,21H,14H2,1-5H3. The van der Waals surface area contributed by atoms with Crippen molar-refractivity contribution in [2.75, 3.05) is 7.05 Å². The Bertz CT molecular complexity index is 584. The van der Waals surface area contributed by atoms with Gasteiger partial charge in [0.25, 0.3) is 0 Å². The number of likely N-dealkylation sites (N-methyl/N-ethyl adjacent to an activating group) is 1. The highest BCUT2D eigenvalue weighted by Gasteiger charge is 2.30. The van der Waals surface area contributed by atoms with Crippen LogP contribution in [0.4, 0.5) is 0 Å². The van der Waals surface area contributed by atoms with Gasteiger partial charge in [0.15, 0.2) is 0 Å². The third-order valence-electron chi connectivity index (χ3n) is 4.67. The second-order valence-electron chi connectivity index (χ2n) is 6.56. The van der Waals surface area contributed by atoms with Crippen LogP contribution in [0.3, 0.4) is 0 Å². The Hall–Kier alpha value is -1.60. The fourth-order valence-electron chi connectivity index (χ4n) is 3.03. The SMILES string of the molecule is CNC(Cc1cc(C)ccc1C)C(C)(C)c1ccccc1. The van der Waals surface area contributed by atoms with Crippen molar-refractivity contribution in [3.8, 4) is 0 Å². The van der Waals surface area contributed by atoms with Crippen molar-refractivity contribution >= 4 is 0 Å². The normalized spacial score (nSPS) is 13.2. The summed E-state index contributed by atoms with van der Waals surface area (Å²) < 4.78 is 0. The third-order valence-corrected chi connectivity index (χ3v) is 4.67. The van der Waals surface area contributed by atoms with Crippen molar-refractivity contribution < 1.29 is 0 Å². The minimum Gasteiger partial charge on any atom is -0.316 e. The fraction of sp³-hybridized carbons (Fsp3) is 0.400. The maximum absolute atomic E-state index is 3.54. The van der Waals surface area contributed by atoms with E-state index in [1.807, 2.05) is 0 Å². The van der Waals surface area contributed by atoms with Crippen LogP contribution < -0.4 is 5.32 Å². The van der Waals surface area contributed by atoms with Crippen molar-refractivity contribution in [3.05, 3.63) is 70.8 Å². The first-order valence-electron chi connectivity index (χ1n) is 7.74. The summed E-state index contributed by atoms with van der Waals surface area (Å²) in [4.78, 5) is 0. The average molecular weight is 281 g/mol. The van der Waals surface area contributed by atoms with E-state index in [4.69, 9.17) is 0 Å². The molecule has 1 nitrogen and oxygen atoms in total. The first kappa shape index (κ1) is 15.8. The Kier molecular flexibility index (Phi) is 4.84. The molecule has 0 saturated carbocycles. The van der Waals surface area contributed by atoms with Gasteiger partial charge in [-0.25, -0.2) is 0 Å². The molecule has 0 radical (unpaired) electrons. The average Bonchev–Trinajstić information content (AvgIpc) is 2.48. The highest BCUT2D eigenvalue weighted by molar-refractivity contribution is 5.33. The van der Waals surface area contributed by atoms with Crippen LogP contribution >= 0.6 is 0 Å². The molecule has 0 aromatic heterocycles. The summed E-state index contributed by atoms with van der Waals surface area (Å²) in [6.45, 7) is 9.03. The van der Waals surface area contributed by atoms with E-state index in [0.717, 1.165) is 6.42 Å². The molecule has 2 aromatic carbocycles. The predicted molar refractivity (Wildman–Crippen MR) is 91.9 cm³/mol. The molecular weight excluding hydrogens is 254 g/mol. The number of hydrogen-bond acceptors (Lipinski definition) is 1. The van der Waals surface area contributed by atoms with Crippen LogP contribution in [-0.2, 0) is 11.8 Å². The van der Waals surface area contributed by atoms with Gasteiger partial charge in [0.1, 0.15) is 0 Å². The van der Waals surface area contributed by atoms with Crippen LogP contribution in [0.15, 0.2) is 48.5 Å². The zero-order chi connectivity index (χ0) is 15.5. The van der Waals surface area contributed by atoms with E-state index in [0.29, 0.717) is 6.04 Å². The molecule has 1 unspecified atom stereocenters. The lowest BCUT2D eigenvalue weighted by atomic mass is 9.75. The minimum absolute atomic E-state index is 0.0895. The van der Waals surface area contributed by atoms with Crippen molar-refractivity contribution in [1.82, 2.24) is 5.32 Å². The number of hydrogen-bond donors (Lipinski definition) is 1. The Morgan fingerprint density at radius 1 is 1.00 bits per heavy atom. The van der Waals surface area contributed by atoms with Gasteiger partial charge in [-0.1, -0.05) is 67.9 Å². The fourth-order valence-corrected chi connectivity index (χ4v) is 3.03. The molecule has 0 aliphatic rings. The Morgan fingerprint density at radius 3 is 2.29 bits per heavy atom. The summed E-state index contributed by atoms with van der Waals surface area (Å²) in [5.74, 6) is 0. The van der Waals surface area contributed by atoms with Crippen molar-refractivity contribution in [1.29, 1.82) is 0 Å². The van der Waals surface area contributed by atoms with E-state index in [1.165, 1.54) is 22.3 Å². The second-order valence-corrected chi connectivity index (χ2v) is 6.56. The Morgan fingerprint density at radius 2 is 1.67 bits per heavy atom. The summed E-state index contributed by atoms with van der Waals surface area (Å²) in [5, 5.41) is 3.54. The molecule has 0 fully saturated rings. The topological polar surface area (TPSA) is 12.0 Å². The van der Waals surface area contributed by atoms with Crippen LogP contribution in [0, 0.1) is 13.8 Å². The first-order chi connectivity index (χ1) is 9.95. The molecule has 0 heterocycles. The van der Waals surface area contributed by atoms with Crippen LogP contribution in [0.2, 0.25) is 0 Å². The molecule has 1 heteroatoms. The van der Waals surface area contributed by atoms with Crippen LogP contribution in [-0.4, -0.2) is 13.1 Å². The third kappa shape index (κ3) is 3.54. The van der Waals surface area contributed by atoms with E-state index in [1.54, 1.807) is 0 Å². The molecule has 0 aliphatic heterocycles. The predicted octanol–water partition coefficient (Wildman–Crippen LogP) is 4.41. The maximum atomic E-state index is 3.54. The van der Waals surface area contributed by atoms with Crippen molar-refractivity contribution in [2.45, 2.75) is 45.6 Å². The van der Waals surface area contributed by atoms with Gasteiger partial charge in [-0.05, 0) is 44.0 Å². The Balaban J connectivity index is 2.29. The number of rotatable bonds is 5. The molecular formula is C20H27N. The zero-order valence-electron chi connectivity index (χ0n) is 13.9. The summed E-state index contributed by atoms with van der Waals surface area (Å²) in [6, 6.07) is 17.9. The van der Waals surface area contributed by atoms with Gasteiger partial charge in [-0.15, -0.1) is 0 Å². The molecule has 2 aromatic rings. The van der Waals surface area contributed by atoms with Crippen molar-refractivity contribution in [2.24, 2.45) is 0 Å². The molecule has 0 amide bonds. The van der Waals surface area contributed by atoms with Gasteiger partial charge < -0.3 is 5.32 Å². The van der Waals surface area contributed by atoms with Crippen LogP contribution in [0.5, 0.6) is 0 Å². The van der Waals surface area contributed by atoms with Crippen molar-refractivity contribution in [3.63, 3.8) is 0 Å². The van der Waals surface area contributed by atoms with E-state index >= 15 is 0 Å². The summed E-state index contributed by atoms with van der Waals surface area (Å²) in [6.07, 6.45) is 1.05.